The molecule has 1 saturated carbocycles. The van der Waals surface area contributed by atoms with E-state index in [1.807, 2.05) is 6.07 Å². The molecule has 1 aliphatic rings. The van der Waals surface area contributed by atoms with Crippen LogP contribution in [0.15, 0.2) is 30.3 Å². The molecule has 0 aliphatic heterocycles. The third kappa shape index (κ3) is 2.70. The van der Waals surface area contributed by atoms with Crippen molar-refractivity contribution in [1.82, 2.24) is 14.7 Å². The molecule has 1 aromatic carbocycles. The van der Waals surface area contributed by atoms with E-state index >= 15 is 0 Å². The molecular weight excluding hydrogens is 296 g/mol. The molecule has 2 aromatic rings. The Labute approximate surface area is 134 Å². The number of carbonyl (C=O) groups excluding carboxylic acids is 1. The molecule has 1 heterocycles. The average Bonchev–Trinajstić information content (AvgIpc) is 2.82. The Kier molecular flexibility index (Phi) is 3.64. The third-order valence-electron chi connectivity index (χ3n) is 4.54. The second-order valence-electron chi connectivity index (χ2n) is 6.46. The molecule has 2 N–H and O–H groups in total. The van der Waals surface area contributed by atoms with Gasteiger partial charge in [0.05, 0.1) is 0 Å². The molecule has 116 valence electrons. The van der Waals surface area contributed by atoms with E-state index < -0.39 is 0 Å². The number of amides is 2. The smallest absolute Gasteiger partial charge is 0.321 e. The summed E-state index contributed by atoms with van der Waals surface area (Å²) in [6.07, 6.45) is 1.07. The zero-order valence-corrected chi connectivity index (χ0v) is 13.8. The van der Waals surface area contributed by atoms with Crippen molar-refractivity contribution in [3.63, 3.8) is 0 Å². The molecule has 0 bridgehead atoms. The largest absolute Gasteiger partial charge is 0.337 e. The van der Waals surface area contributed by atoms with Crippen LogP contribution in [-0.2, 0) is 5.41 Å². The zero-order valence-electron chi connectivity index (χ0n) is 13.0. The maximum atomic E-state index is 12.1. The van der Waals surface area contributed by atoms with Gasteiger partial charge in [-0.05, 0) is 24.3 Å². The number of hydrogen-bond donors (Lipinski definition) is 2. The fraction of sp³-hybridized carbons (Fsp3) is 0.438. The van der Waals surface area contributed by atoms with Gasteiger partial charge in [-0.15, -0.1) is 0 Å². The second-order valence-corrected chi connectivity index (χ2v) is 7.22. The van der Waals surface area contributed by atoms with Gasteiger partial charge in [-0.2, -0.15) is 4.37 Å². The van der Waals surface area contributed by atoms with Crippen molar-refractivity contribution < 1.29 is 4.79 Å². The van der Waals surface area contributed by atoms with Gasteiger partial charge in [0.1, 0.15) is 5.82 Å². The van der Waals surface area contributed by atoms with Crippen molar-refractivity contribution in [2.75, 3.05) is 11.9 Å². The van der Waals surface area contributed by atoms with Gasteiger partial charge in [0.15, 0.2) is 0 Å². The Bertz CT molecular complexity index is 682. The highest BCUT2D eigenvalue weighted by Crippen LogP contribution is 2.63. The molecule has 0 unspecified atom stereocenters. The number of hydrogen-bond acceptors (Lipinski definition) is 4. The van der Waals surface area contributed by atoms with Gasteiger partial charge in [-0.1, -0.05) is 44.2 Å². The predicted molar refractivity (Wildman–Crippen MR) is 88.2 cm³/mol. The minimum atomic E-state index is -0.228. The molecule has 1 atom stereocenters. The van der Waals surface area contributed by atoms with Crippen molar-refractivity contribution in [3.8, 4) is 0 Å². The molecule has 6 heteroatoms. The standard InChI is InChI=1S/C16H20N4OS/c1-11-18-14(22-20-11)19-13(21)17-10-16(9-15(16,2)3)12-7-5-4-6-8-12/h4-8H,9-10H2,1-3H3,(H2,17,18,19,20,21)/t16-/m0/s1. The highest BCUT2D eigenvalue weighted by molar-refractivity contribution is 7.09. The van der Waals surface area contributed by atoms with Crippen LogP contribution in [0.2, 0.25) is 0 Å². The van der Waals surface area contributed by atoms with E-state index in [1.165, 1.54) is 17.1 Å². The molecule has 3 rings (SSSR count). The summed E-state index contributed by atoms with van der Waals surface area (Å²) in [7, 11) is 0. The number of urea groups is 1. The topological polar surface area (TPSA) is 66.9 Å². The third-order valence-corrected chi connectivity index (χ3v) is 5.26. The number of aryl methyl sites for hydroxylation is 1. The summed E-state index contributed by atoms with van der Waals surface area (Å²) in [6.45, 7) is 6.91. The second kappa shape index (κ2) is 5.35. The lowest BCUT2D eigenvalue weighted by atomic mass is 9.88. The van der Waals surface area contributed by atoms with Crippen LogP contribution in [0.4, 0.5) is 9.93 Å². The van der Waals surface area contributed by atoms with E-state index in [1.54, 1.807) is 6.92 Å². The Morgan fingerprint density at radius 1 is 1.32 bits per heavy atom. The van der Waals surface area contributed by atoms with Gasteiger partial charge in [0.25, 0.3) is 0 Å². The SMILES string of the molecule is Cc1nsc(NC(=O)NC[C@]2(c3ccccc3)CC2(C)C)n1. The molecule has 1 fully saturated rings. The number of nitrogens with one attached hydrogen (secondary N) is 2. The summed E-state index contributed by atoms with van der Waals surface area (Å²) in [5.41, 5.74) is 1.50. The van der Waals surface area contributed by atoms with E-state index in [0.29, 0.717) is 17.5 Å². The Morgan fingerprint density at radius 2 is 2.00 bits per heavy atom. The van der Waals surface area contributed by atoms with E-state index in [0.717, 1.165) is 6.42 Å². The number of anilines is 1. The number of carbonyl (C=O) groups is 1. The highest BCUT2D eigenvalue weighted by atomic mass is 32.1. The van der Waals surface area contributed by atoms with Gasteiger partial charge < -0.3 is 5.32 Å². The number of benzene rings is 1. The summed E-state index contributed by atoms with van der Waals surface area (Å²) in [6, 6.07) is 10.2. The van der Waals surface area contributed by atoms with Gasteiger partial charge in [0.2, 0.25) is 5.13 Å². The van der Waals surface area contributed by atoms with Crippen molar-refractivity contribution in [1.29, 1.82) is 0 Å². The first-order valence-corrected chi connectivity index (χ1v) is 8.11. The van der Waals surface area contributed by atoms with Crippen LogP contribution >= 0.6 is 11.5 Å². The molecular formula is C16H20N4OS. The lowest BCUT2D eigenvalue weighted by Crippen LogP contribution is -2.37. The Balaban J connectivity index is 1.65. The van der Waals surface area contributed by atoms with Crippen molar-refractivity contribution in [3.05, 3.63) is 41.7 Å². The minimum absolute atomic E-state index is 0.0165. The first-order valence-electron chi connectivity index (χ1n) is 7.34. The normalized spacial score (nSPS) is 22.1. The minimum Gasteiger partial charge on any atom is -0.337 e. The molecule has 0 radical (unpaired) electrons. The van der Waals surface area contributed by atoms with Gasteiger partial charge in [-0.3, -0.25) is 5.32 Å². The van der Waals surface area contributed by atoms with Crippen LogP contribution in [0.25, 0.3) is 0 Å². The molecule has 2 amide bonds. The fourth-order valence-electron chi connectivity index (χ4n) is 3.08. The number of nitrogens with zero attached hydrogens (tertiary/aromatic N) is 2. The van der Waals surface area contributed by atoms with Crippen LogP contribution in [0.5, 0.6) is 0 Å². The van der Waals surface area contributed by atoms with Crippen molar-refractivity contribution in [2.45, 2.75) is 32.6 Å². The number of rotatable bonds is 4. The fourth-order valence-corrected chi connectivity index (χ4v) is 3.66. The molecule has 1 aliphatic carbocycles. The Hall–Kier alpha value is -1.95. The lowest BCUT2D eigenvalue weighted by molar-refractivity contribution is 0.250. The quantitative estimate of drug-likeness (QED) is 0.909. The average molecular weight is 316 g/mol. The van der Waals surface area contributed by atoms with E-state index in [4.69, 9.17) is 0 Å². The predicted octanol–water partition coefficient (Wildman–Crippen LogP) is 3.34. The zero-order chi connectivity index (χ0) is 15.8. The maximum absolute atomic E-state index is 12.1. The summed E-state index contributed by atoms with van der Waals surface area (Å²) >= 11 is 1.19. The number of aromatic nitrogens is 2. The summed E-state index contributed by atoms with van der Waals surface area (Å²) in [4.78, 5) is 16.2. The van der Waals surface area contributed by atoms with Crippen LogP contribution in [0.3, 0.4) is 0 Å². The molecule has 22 heavy (non-hydrogen) atoms. The van der Waals surface area contributed by atoms with Crippen molar-refractivity contribution >= 4 is 22.7 Å². The van der Waals surface area contributed by atoms with Gasteiger partial charge >= 0.3 is 6.03 Å². The molecule has 5 nitrogen and oxygen atoms in total. The van der Waals surface area contributed by atoms with Crippen LogP contribution in [0, 0.1) is 12.3 Å². The summed E-state index contributed by atoms with van der Waals surface area (Å²) < 4.78 is 4.05. The molecule has 1 aromatic heterocycles. The van der Waals surface area contributed by atoms with E-state index in [-0.39, 0.29) is 16.9 Å². The maximum Gasteiger partial charge on any atom is 0.321 e. The molecule has 0 spiro atoms. The van der Waals surface area contributed by atoms with Crippen molar-refractivity contribution in [2.24, 2.45) is 5.41 Å². The highest BCUT2D eigenvalue weighted by Gasteiger charge is 2.61. The van der Waals surface area contributed by atoms with E-state index in [9.17, 15) is 4.79 Å². The van der Waals surface area contributed by atoms with Crippen LogP contribution < -0.4 is 10.6 Å². The van der Waals surface area contributed by atoms with Crippen LogP contribution in [0.1, 0.15) is 31.7 Å². The summed E-state index contributed by atoms with van der Waals surface area (Å²) in [5, 5.41) is 6.25. The first kappa shape index (κ1) is 15.0. The lowest BCUT2D eigenvalue weighted by Gasteiger charge is -2.21. The Morgan fingerprint density at radius 3 is 2.55 bits per heavy atom. The van der Waals surface area contributed by atoms with Gasteiger partial charge in [-0.25, -0.2) is 9.78 Å². The van der Waals surface area contributed by atoms with Crippen LogP contribution in [-0.4, -0.2) is 21.9 Å². The van der Waals surface area contributed by atoms with Gasteiger partial charge in [0, 0.05) is 23.5 Å². The van der Waals surface area contributed by atoms with E-state index in [2.05, 4.69) is 58.1 Å². The first-order chi connectivity index (χ1) is 10.4. The summed E-state index contributed by atoms with van der Waals surface area (Å²) in [5.74, 6) is 0.671. The molecule has 0 saturated heterocycles. The monoisotopic (exact) mass is 316 g/mol.